The fourth-order valence-corrected chi connectivity index (χ4v) is 2.29. The minimum Gasteiger partial charge on any atom is -0.496 e. The summed E-state index contributed by atoms with van der Waals surface area (Å²) in [6.07, 6.45) is 0. The Balaban J connectivity index is 2.13. The van der Waals surface area contributed by atoms with Crippen molar-refractivity contribution in [3.8, 4) is 11.8 Å². The third kappa shape index (κ3) is 3.27. The summed E-state index contributed by atoms with van der Waals surface area (Å²) in [6, 6.07) is 15.5. The number of nitriles is 1. The second-order valence-electron chi connectivity index (χ2n) is 3.97. The Labute approximate surface area is 121 Å². The molecule has 0 fully saturated rings. The maximum atomic E-state index is 8.82. The van der Waals surface area contributed by atoms with Crippen LogP contribution in [-0.2, 0) is 6.54 Å². The average molecular weight is 317 g/mol. The molecule has 0 heterocycles. The van der Waals surface area contributed by atoms with Crippen LogP contribution in [0.1, 0.15) is 11.1 Å². The number of ether oxygens (including phenoxy) is 1. The zero-order chi connectivity index (χ0) is 13.7. The van der Waals surface area contributed by atoms with E-state index in [0.717, 1.165) is 21.5 Å². The number of nitrogens with zero attached hydrogens (tertiary/aromatic N) is 1. The molecule has 96 valence electrons. The molecule has 0 aliphatic rings. The van der Waals surface area contributed by atoms with Crippen molar-refractivity contribution >= 4 is 21.6 Å². The van der Waals surface area contributed by atoms with Crippen LogP contribution in [0.3, 0.4) is 0 Å². The number of rotatable bonds is 4. The molecule has 2 aromatic carbocycles. The number of para-hydroxylation sites is 1. The maximum absolute atomic E-state index is 8.82. The van der Waals surface area contributed by atoms with E-state index in [1.807, 2.05) is 30.3 Å². The molecule has 3 nitrogen and oxygen atoms in total. The molecular weight excluding hydrogens is 304 g/mol. The van der Waals surface area contributed by atoms with Crippen LogP contribution in [0.5, 0.6) is 5.75 Å². The van der Waals surface area contributed by atoms with Crippen molar-refractivity contribution in [2.45, 2.75) is 6.54 Å². The van der Waals surface area contributed by atoms with Crippen molar-refractivity contribution in [3.63, 3.8) is 0 Å². The molecule has 0 radical (unpaired) electrons. The summed E-state index contributed by atoms with van der Waals surface area (Å²) in [7, 11) is 1.66. The Hall–Kier alpha value is -1.99. The highest BCUT2D eigenvalue weighted by Gasteiger charge is 2.04. The highest BCUT2D eigenvalue weighted by atomic mass is 79.9. The number of anilines is 1. The monoisotopic (exact) mass is 316 g/mol. The lowest BCUT2D eigenvalue weighted by Gasteiger charge is -2.11. The number of hydrogen-bond donors (Lipinski definition) is 1. The van der Waals surface area contributed by atoms with Gasteiger partial charge in [-0.3, -0.25) is 0 Å². The van der Waals surface area contributed by atoms with Crippen LogP contribution in [0.4, 0.5) is 5.69 Å². The lowest BCUT2D eigenvalue weighted by molar-refractivity contribution is 0.410. The van der Waals surface area contributed by atoms with Gasteiger partial charge < -0.3 is 10.1 Å². The largest absolute Gasteiger partial charge is 0.496 e. The molecule has 4 heteroatoms. The van der Waals surface area contributed by atoms with Crippen molar-refractivity contribution in [1.29, 1.82) is 5.26 Å². The third-order valence-electron chi connectivity index (χ3n) is 2.76. The predicted molar refractivity (Wildman–Crippen MR) is 79.2 cm³/mol. The summed E-state index contributed by atoms with van der Waals surface area (Å²) < 4.78 is 6.18. The van der Waals surface area contributed by atoms with Crippen molar-refractivity contribution in [2.75, 3.05) is 12.4 Å². The van der Waals surface area contributed by atoms with Crippen molar-refractivity contribution < 1.29 is 4.74 Å². The molecule has 1 N–H and O–H groups in total. The molecule has 0 amide bonds. The lowest BCUT2D eigenvalue weighted by atomic mass is 10.2. The average Bonchev–Trinajstić information content (AvgIpc) is 2.46. The van der Waals surface area contributed by atoms with E-state index in [1.54, 1.807) is 19.2 Å². The zero-order valence-corrected chi connectivity index (χ0v) is 12.1. The van der Waals surface area contributed by atoms with Gasteiger partial charge in [0.25, 0.3) is 0 Å². The molecule has 0 unspecified atom stereocenters. The predicted octanol–water partition coefficient (Wildman–Crippen LogP) is 3.94. The highest BCUT2D eigenvalue weighted by molar-refractivity contribution is 9.10. The first-order chi connectivity index (χ1) is 9.24. The zero-order valence-electron chi connectivity index (χ0n) is 10.5. The van der Waals surface area contributed by atoms with Gasteiger partial charge in [-0.25, -0.2) is 0 Å². The summed E-state index contributed by atoms with van der Waals surface area (Å²) in [4.78, 5) is 0. The van der Waals surface area contributed by atoms with E-state index in [4.69, 9.17) is 10.00 Å². The summed E-state index contributed by atoms with van der Waals surface area (Å²) >= 11 is 3.45. The second kappa shape index (κ2) is 6.26. The van der Waals surface area contributed by atoms with Gasteiger partial charge in [0.05, 0.1) is 18.7 Å². The molecule has 0 bridgehead atoms. The van der Waals surface area contributed by atoms with Gasteiger partial charge in [-0.2, -0.15) is 5.26 Å². The molecule has 2 aromatic rings. The van der Waals surface area contributed by atoms with E-state index in [0.29, 0.717) is 12.1 Å². The second-order valence-corrected chi connectivity index (χ2v) is 4.83. The topological polar surface area (TPSA) is 45.0 Å². The first-order valence-corrected chi connectivity index (χ1v) is 6.59. The number of nitrogens with one attached hydrogen (secondary N) is 1. The molecule has 0 spiro atoms. The molecule has 0 aliphatic heterocycles. The van der Waals surface area contributed by atoms with Crippen LogP contribution in [0, 0.1) is 11.3 Å². The van der Waals surface area contributed by atoms with Crippen LogP contribution >= 0.6 is 15.9 Å². The van der Waals surface area contributed by atoms with Crippen LogP contribution < -0.4 is 10.1 Å². The van der Waals surface area contributed by atoms with E-state index >= 15 is 0 Å². The van der Waals surface area contributed by atoms with E-state index in [2.05, 4.69) is 27.3 Å². The van der Waals surface area contributed by atoms with Crippen LogP contribution in [0.15, 0.2) is 46.9 Å². The number of halogens is 1. The first kappa shape index (κ1) is 13.4. The minimum atomic E-state index is 0.634. The molecule has 0 aromatic heterocycles. The highest BCUT2D eigenvalue weighted by Crippen LogP contribution is 2.25. The summed E-state index contributed by atoms with van der Waals surface area (Å²) in [5.41, 5.74) is 2.67. The quantitative estimate of drug-likeness (QED) is 0.929. The Morgan fingerprint density at radius 2 is 2.05 bits per heavy atom. The SMILES string of the molecule is COc1ccccc1CNc1ccc(C#N)cc1Br. The van der Waals surface area contributed by atoms with Crippen LogP contribution in [-0.4, -0.2) is 7.11 Å². The van der Waals surface area contributed by atoms with Gasteiger partial charge >= 0.3 is 0 Å². The fraction of sp³-hybridized carbons (Fsp3) is 0.133. The van der Waals surface area contributed by atoms with Gasteiger partial charge in [0.15, 0.2) is 0 Å². The molecule has 2 rings (SSSR count). The molecule has 0 saturated carbocycles. The van der Waals surface area contributed by atoms with Gasteiger partial charge in [0, 0.05) is 22.3 Å². The molecule has 0 aliphatic carbocycles. The van der Waals surface area contributed by atoms with Crippen molar-refractivity contribution in [1.82, 2.24) is 0 Å². The Bertz CT molecular complexity index is 620. The molecular formula is C15H13BrN2O. The third-order valence-corrected chi connectivity index (χ3v) is 3.42. The van der Waals surface area contributed by atoms with E-state index < -0.39 is 0 Å². The van der Waals surface area contributed by atoms with E-state index in [1.165, 1.54) is 0 Å². The summed E-state index contributed by atoms with van der Waals surface area (Å²) in [6.45, 7) is 0.661. The van der Waals surface area contributed by atoms with Gasteiger partial charge in [0.2, 0.25) is 0 Å². The minimum absolute atomic E-state index is 0.634. The number of benzene rings is 2. The Morgan fingerprint density at radius 1 is 1.26 bits per heavy atom. The molecule has 0 saturated heterocycles. The van der Waals surface area contributed by atoms with E-state index in [9.17, 15) is 0 Å². The fourth-order valence-electron chi connectivity index (χ4n) is 1.77. The Kier molecular flexibility index (Phi) is 4.43. The smallest absolute Gasteiger partial charge is 0.123 e. The standard InChI is InChI=1S/C15H13BrN2O/c1-19-15-5-3-2-4-12(15)10-18-14-7-6-11(9-17)8-13(14)16/h2-8,18H,10H2,1H3. The van der Waals surface area contributed by atoms with Gasteiger partial charge in [-0.05, 0) is 40.2 Å². The van der Waals surface area contributed by atoms with Gasteiger partial charge in [-0.15, -0.1) is 0 Å². The van der Waals surface area contributed by atoms with Crippen LogP contribution in [0.25, 0.3) is 0 Å². The van der Waals surface area contributed by atoms with Crippen molar-refractivity contribution in [3.05, 3.63) is 58.1 Å². The lowest BCUT2D eigenvalue weighted by Crippen LogP contribution is -2.02. The Morgan fingerprint density at radius 3 is 2.74 bits per heavy atom. The molecule has 0 atom stereocenters. The van der Waals surface area contributed by atoms with Gasteiger partial charge in [-0.1, -0.05) is 18.2 Å². The normalized spacial score (nSPS) is 9.74. The summed E-state index contributed by atoms with van der Waals surface area (Å²) in [5.74, 6) is 0.861. The maximum Gasteiger partial charge on any atom is 0.123 e. The van der Waals surface area contributed by atoms with Crippen molar-refractivity contribution in [2.24, 2.45) is 0 Å². The number of hydrogen-bond acceptors (Lipinski definition) is 3. The summed E-state index contributed by atoms with van der Waals surface area (Å²) in [5, 5.41) is 12.1. The first-order valence-electron chi connectivity index (χ1n) is 5.80. The van der Waals surface area contributed by atoms with Gasteiger partial charge in [0.1, 0.15) is 5.75 Å². The van der Waals surface area contributed by atoms with E-state index in [-0.39, 0.29) is 0 Å². The number of methoxy groups -OCH3 is 1. The molecule has 19 heavy (non-hydrogen) atoms. The van der Waals surface area contributed by atoms with Crippen LogP contribution in [0.2, 0.25) is 0 Å².